The van der Waals surface area contributed by atoms with E-state index in [1.807, 2.05) is 0 Å². The highest BCUT2D eigenvalue weighted by Gasteiger charge is 2.38. The summed E-state index contributed by atoms with van der Waals surface area (Å²) in [5, 5.41) is 0. The lowest BCUT2D eigenvalue weighted by atomic mass is 10.1. The van der Waals surface area contributed by atoms with E-state index in [2.05, 4.69) is 20.7 Å². The van der Waals surface area contributed by atoms with Gasteiger partial charge >= 0.3 is 12.1 Å². The lowest BCUT2D eigenvalue weighted by Crippen LogP contribution is -2.16. The summed E-state index contributed by atoms with van der Waals surface area (Å²) in [5.74, 6) is -4.96. The number of carbonyl (C=O) groups excluding carboxylic acids is 1. The third-order valence-corrected chi connectivity index (χ3v) is 2.43. The molecule has 0 aromatic heterocycles. The molecule has 0 heterocycles. The van der Waals surface area contributed by atoms with Crippen molar-refractivity contribution in [2.24, 2.45) is 0 Å². The van der Waals surface area contributed by atoms with E-state index in [-0.39, 0.29) is 6.07 Å². The fraction of sp³-hybridized carbons (Fsp3) is 0.222. The second kappa shape index (κ2) is 4.59. The molecule has 1 aromatic carbocycles. The second-order valence-electron chi connectivity index (χ2n) is 2.90. The number of rotatable bonds is 1. The van der Waals surface area contributed by atoms with Crippen LogP contribution >= 0.6 is 15.9 Å². The number of halogens is 6. The van der Waals surface area contributed by atoms with Crippen LogP contribution in [-0.4, -0.2) is 13.1 Å². The Balaban J connectivity index is 3.60. The Morgan fingerprint density at radius 1 is 1.29 bits per heavy atom. The Kier molecular flexibility index (Phi) is 3.75. The van der Waals surface area contributed by atoms with Gasteiger partial charge in [0.15, 0.2) is 11.6 Å². The Hall–Kier alpha value is -1.18. The van der Waals surface area contributed by atoms with Crippen molar-refractivity contribution in [2.75, 3.05) is 7.11 Å². The molecule has 17 heavy (non-hydrogen) atoms. The van der Waals surface area contributed by atoms with Crippen LogP contribution in [0.15, 0.2) is 10.5 Å². The maximum Gasteiger partial charge on any atom is 0.419 e. The molecule has 1 aromatic rings. The highest BCUT2D eigenvalue weighted by atomic mass is 79.9. The number of esters is 1. The smallest absolute Gasteiger partial charge is 0.419 e. The fourth-order valence-corrected chi connectivity index (χ4v) is 1.52. The van der Waals surface area contributed by atoms with Gasteiger partial charge < -0.3 is 4.74 Å². The third kappa shape index (κ3) is 2.56. The van der Waals surface area contributed by atoms with Crippen LogP contribution in [0.25, 0.3) is 0 Å². The first-order chi connectivity index (χ1) is 7.70. The summed E-state index contributed by atoms with van der Waals surface area (Å²) in [4.78, 5) is 11.0. The molecular formula is C9H4BrF5O2. The van der Waals surface area contributed by atoms with Crippen LogP contribution in [-0.2, 0) is 10.9 Å². The summed E-state index contributed by atoms with van der Waals surface area (Å²) in [6.45, 7) is 0. The van der Waals surface area contributed by atoms with E-state index in [1.165, 1.54) is 0 Å². The van der Waals surface area contributed by atoms with Crippen molar-refractivity contribution in [2.45, 2.75) is 6.18 Å². The molecular weight excluding hydrogens is 315 g/mol. The maximum atomic E-state index is 13.4. The van der Waals surface area contributed by atoms with Crippen LogP contribution in [0.2, 0.25) is 0 Å². The standard InChI is InChI=1S/C9H4BrF5O2/c1-17-8(16)5-6(11)3(9(13,14)15)2-4(10)7(5)12/h2H,1H3. The average molecular weight is 319 g/mol. The molecule has 0 N–H and O–H groups in total. The molecule has 0 saturated carbocycles. The highest BCUT2D eigenvalue weighted by molar-refractivity contribution is 9.10. The van der Waals surface area contributed by atoms with Crippen molar-refractivity contribution in [3.8, 4) is 0 Å². The third-order valence-electron chi connectivity index (χ3n) is 1.85. The number of benzene rings is 1. The molecule has 1 rings (SSSR count). The summed E-state index contributed by atoms with van der Waals surface area (Å²) in [6, 6.07) is 0.219. The predicted molar refractivity (Wildman–Crippen MR) is 50.4 cm³/mol. The minimum atomic E-state index is -5.04. The van der Waals surface area contributed by atoms with E-state index < -0.39 is 39.4 Å². The molecule has 0 saturated heterocycles. The molecule has 0 fully saturated rings. The van der Waals surface area contributed by atoms with Gasteiger partial charge in [-0.1, -0.05) is 0 Å². The van der Waals surface area contributed by atoms with E-state index in [1.54, 1.807) is 0 Å². The molecule has 2 nitrogen and oxygen atoms in total. The molecule has 0 radical (unpaired) electrons. The van der Waals surface area contributed by atoms with Gasteiger partial charge in [0.2, 0.25) is 0 Å². The fourth-order valence-electron chi connectivity index (χ4n) is 1.09. The molecule has 0 aliphatic carbocycles. The summed E-state index contributed by atoms with van der Waals surface area (Å²) in [5.41, 5.74) is -3.12. The summed E-state index contributed by atoms with van der Waals surface area (Å²) < 4.78 is 67.1. The molecule has 0 unspecified atom stereocenters. The Morgan fingerprint density at radius 2 is 1.82 bits per heavy atom. The van der Waals surface area contributed by atoms with E-state index in [0.717, 1.165) is 7.11 Å². The predicted octanol–water partition coefficient (Wildman–Crippen LogP) is 3.53. The van der Waals surface area contributed by atoms with Crippen LogP contribution in [0.5, 0.6) is 0 Å². The molecule has 0 spiro atoms. The number of hydrogen-bond acceptors (Lipinski definition) is 2. The average Bonchev–Trinajstić information content (AvgIpc) is 2.21. The van der Waals surface area contributed by atoms with Gasteiger partial charge in [-0.3, -0.25) is 0 Å². The minimum Gasteiger partial charge on any atom is -0.465 e. The number of ether oxygens (including phenoxy) is 1. The molecule has 0 aliphatic heterocycles. The molecule has 8 heteroatoms. The zero-order valence-electron chi connectivity index (χ0n) is 8.16. The lowest BCUT2D eigenvalue weighted by Gasteiger charge is -2.12. The summed E-state index contributed by atoms with van der Waals surface area (Å²) in [6.07, 6.45) is -5.04. The van der Waals surface area contributed by atoms with Gasteiger partial charge in [0, 0.05) is 0 Å². The molecule has 0 atom stereocenters. The Morgan fingerprint density at radius 3 is 2.24 bits per heavy atom. The van der Waals surface area contributed by atoms with Crippen LogP contribution < -0.4 is 0 Å². The summed E-state index contributed by atoms with van der Waals surface area (Å²) >= 11 is 2.47. The van der Waals surface area contributed by atoms with Crippen LogP contribution in [0.1, 0.15) is 15.9 Å². The van der Waals surface area contributed by atoms with Crippen LogP contribution in [0, 0.1) is 11.6 Å². The first-order valence-electron chi connectivity index (χ1n) is 4.03. The minimum absolute atomic E-state index is 0.219. The van der Waals surface area contributed by atoms with Gasteiger partial charge in [-0.05, 0) is 22.0 Å². The second-order valence-corrected chi connectivity index (χ2v) is 3.75. The molecule has 0 aliphatic rings. The zero-order valence-corrected chi connectivity index (χ0v) is 9.75. The Labute approximate surface area is 100 Å². The van der Waals surface area contributed by atoms with Gasteiger partial charge in [0.25, 0.3) is 0 Å². The van der Waals surface area contributed by atoms with E-state index >= 15 is 0 Å². The van der Waals surface area contributed by atoms with Crippen molar-refractivity contribution in [3.63, 3.8) is 0 Å². The van der Waals surface area contributed by atoms with E-state index in [9.17, 15) is 26.7 Å². The molecule has 0 bridgehead atoms. The van der Waals surface area contributed by atoms with Gasteiger partial charge in [-0.15, -0.1) is 0 Å². The molecule has 94 valence electrons. The Bertz CT molecular complexity index is 469. The van der Waals surface area contributed by atoms with Crippen LogP contribution in [0.3, 0.4) is 0 Å². The largest absolute Gasteiger partial charge is 0.465 e. The number of carbonyl (C=O) groups is 1. The van der Waals surface area contributed by atoms with Gasteiger partial charge in [0.1, 0.15) is 5.56 Å². The van der Waals surface area contributed by atoms with Gasteiger partial charge in [0.05, 0.1) is 17.1 Å². The monoisotopic (exact) mass is 318 g/mol. The maximum absolute atomic E-state index is 13.4. The van der Waals surface area contributed by atoms with Crippen molar-refractivity contribution in [1.29, 1.82) is 0 Å². The topological polar surface area (TPSA) is 26.3 Å². The van der Waals surface area contributed by atoms with Crippen molar-refractivity contribution in [1.82, 2.24) is 0 Å². The summed E-state index contributed by atoms with van der Waals surface area (Å²) in [7, 11) is 0.801. The first kappa shape index (κ1) is 13.9. The van der Waals surface area contributed by atoms with Gasteiger partial charge in [-0.25, -0.2) is 13.6 Å². The molecule has 0 amide bonds. The first-order valence-corrected chi connectivity index (χ1v) is 4.82. The number of hydrogen-bond donors (Lipinski definition) is 0. The van der Waals surface area contributed by atoms with Crippen molar-refractivity contribution < 1.29 is 31.5 Å². The quantitative estimate of drug-likeness (QED) is 0.450. The van der Waals surface area contributed by atoms with Crippen molar-refractivity contribution in [3.05, 3.63) is 33.3 Å². The SMILES string of the molecule is COC(=O)c1c(F)c(Br)cc(C(F)(F)F)c1F. The number of methoxy groups -OCH3 is 1. The lowest BCUT2D eigenvalue weighted by molar-refractivity contribution is -0.140. The van der Waals surface area contributed by atoms with Crippen LogP contribution in [0.4, 0.5) is 22.0 Å². The highest BCUT2D eigenvalue weighted by Crippen LogP contribution is 2.36. The number of alkyl halides is 3. The van der Waals surface area contributed by atoms with Crippen molar-refractivity contribution >= 4 is 21.9 Å². The normalized spacial score (nSPS) is 11.5. The van der Waals surface area contributed by atoms with Gasteiger partial charge in [-0.2, -0.15) is 13.2 Å². The van der Waals surface area contributed by atoms with E-state index in [0.29, 0.717) is 0 Å². The van der Waals surface area contributed by atoms with E-state index in [4.69, 9.17) is 0 Å². The zero-order chi connectivity index (χ0) is 13.4.